The number of unbranched alkanes of at least 4 members (excludes halogenated alkanes) is 3. The molecule has 1 aliphatic carbocycles. The van der Waals surface area contributed by atoms with Crippen LogP contribution in [-0.2, 0) is 0 Å². The maximum Gasteiger partial charge on any atom is 0.269 e. The molecule has 0 spiro atoms. The van der Waals surface area contributed by atoms with Crippen LogP contribution < -0.4 is 15.6 Å². The molecule has 184 valence electrons. The first-order chi connectivity index (χ1) is 16.6. The summed E-state index contributed by atoms with van der Waals surface area (Å²) in [6.07, 6.45) is 12.6. The van der Waals surface area contributed by atoms with Gasteiger partial charge in [-0.1, -0.05) is 58.1 Å². The van der Waals surface area contributed by atoms with E-state index >= 15 is 0 Å². The van der Waals surface area contributed by atoms with Gasteiger partial charge in [-0.3, -0.25) is 20.4 Å². The van der Waals surface area contributed by atoms with Gasteiger partial charge in [-0.05, 0) is 85.9 Å². The molecule has 2 aromatic carbocycles. The number of rotatable bonds is 11. The molecule has 5 nitrogen and oxygen atoms in total. The maximum atomic E-state index is 12.5. The second-order valence-corrected chi connectivity index (χ2v) is 9.47. The van der Waals surface area contributed by atoms with Crippen LogP contribution in [0.5, 0.6) is 5.75 Å². The molecule has 1 aliphatic rings. The van der Waals surface area contributed by atoms with E-state index in [0.29, 0.717) is 23.7 Å². The molecule has 34 heavy (non-hydrogen) atoms. The first kappa shape index (κ1) is 25.8. The van der Waals surface area contributed by atoms with Crippen molar-refractivity contribution in [3.63, 3.8) is 0 Å². The van der Waals surface area contributed by atoms with Crippen LogP contribution in [0, 0.1) is 5.92 Å². The van der Waals surface area contributed by atoms with Crippen LogP contribution in [0.15, 0.2) is 48.5 Å². The predicted octanol–water partition coefficient (Wildman–Crippen LogP) is 6.79. The highest BCUT2D eigenvalue weighted by Crippen LogP contribution is 2.37. The third-order valence-electron chi connectivity index (χ3n) is 6.88. The summed E-state index contributed by atoms with van der Waals surface area (Å²) in [5.41, 5.74) is 7.32. The van der Waals surface area contributed by atoms with Crippen molar-refractivity contribution in [1.29, 1.82) is 0 Å². The fourth-order valence-electron chi connectivity index (χ4n) is 4.67. The van der Waals surface area contributed by atoms with Crippen molar-refractivity contribution in [3.05, 3.63) is 65.2 Å². The highest BCUT2D eigenvalue weighted by Gasteiger charge is 2.22. The Bertz CT molecular complexity index is 885. The van der Waals surface area contributed by atoms with Crippen LogP contribution in [0.25, 0.3) is 0 Å². The number of carbonyl (C=O) groups excluding carboxylic acids is 2. The van der Waals surface area contributed by atoms with Crippen molar-refractivity contribution in [2.24, 2.45) is 5.92 Å². The van der Waals surface area contributed by atoms with E-state index in [0.717, 1.165) is 24.5 Å². The van der Waals surface area contributed by atoms with Gasteiger partial charge < -0.3 is 4.74 Å². The lowest BCUT2D eigenvalue weighted by molar-refractivity contribution is 0.0846. The molecule has 3 rings (SSSR count). The molecule has 2 aromatic rings. The Morgan fingerprint density at radius 2 is 1.32 bits per heavy atom. The normalized spacial score (nSPS) is 17.7. The lowest BCUT2D eigenvalue weighted by Gasteiger charge is -2.29. The third-order valence-corrected chi connectivity index (χ3v) is 6.88. The zero-order valence-electron chi connectivity index (χ0n) is 20.8. The van der Waals surface area contributed by atoms with Crippen LogP contribution in [0.3, 0.4) is 0 Å². The van der Waals surface area contributed by atoms with E-state index in [1.807, 2.05) is 12.1 Å². The monoisotopic (exact) mass is 464 g/mol. The molecule has 0 atom stereocenters. The van der Waals surface area contributed by atoms with Gasteiger partial charge in [0.25, 0.3) is 11.8 Å². The zero-order valence-corrected chi connectivity index (χ0v) is 20.8. The minimum atomic E-state index is -0.360. The average molecular weight is 465 g/mol. The quantitative estimate of drug-likeness (QED) is 0.284. The molecule has 0 aromatic heterocycles. The average Bonchev–Trinajstić information content (AvgIpc) is 2.88. The summed E-state index contributed by atoms with van der Waals surface area (Å²) in [7, 11) is 0. The first-order valence-electron chi connectivity index (χ1n) is 13.0. The summed E-state index contributed by atoms with van der Waals surface area (Å²) in [6.45, 7) is 5.04. The fraction of sp³-hybridized carbons (Fsp3) is 0.517. The Morgan fingerprint density at radius 3 is 1.88 bits per heavy atom. The van der Waals surface area contributed by atoms with E-state index in [4.69, 9.17) is 4.74 Å². The van der Waals surface area contributed by atoms with Crippen molar-refractivity contribution in [2.75, 3.05) is 6.61 Å². The smallest absolute Gasteiger partial charge is 0.269 e. The van der Waals surface area contributed by atoms with Gasteiger partial charge in [0.05, 0.1) is 6.61 Å². The highest BCUT2D eigenvalue weighted by molar-refractivity contribution is 5.99. The molecule has 5 heteroatoms. The maximum absolute atomic E-state index is 12.5. The second kappa shape index (κ2) is 13.8. The Balaban J connectivity index is 1.43. The van der Waals surface area contributed by atoms with Crippen LogP contribution in [0.4, 0.5) is 0 Å². The third kappa shape index (κ3) is 7.89. The van der Waals surface area contributed by atoms with E-state index in [9.17, 15) is 9.59 Å². The zero-order chi connectivity index (χ0) is 24.2. The minimum Gasteiger partial charge on any atom is -0.494 e. The Kier molecular flexibility index (Phi) is 10.5. The highest BCUT2D eigenvalue weighted by atomic mass is 16.5. The molecular weight excluding hydrogens is 424 g/mol. The van der Waals surface area contributed by atoms with Crippen molar-refractivity contribution in [1.82, 2.24) is 10.9 Å². The second-order valence-electron chi connectivity index (χ2n) is 9.47. The molecular formula is C29H40N2O3. The summed E-state index contributed by atoms with van der Waals surface area (Å²) in [5, 5.41) is 0. The van der Waals surface area contributed by atoms with Crippen molar-refractivity contribution < 1.29 is 14.3 Å². The van der Waals surface area contributed by atoms with E-state index in [1.165, 1.54) is 56.9 Å². The number of hydrogen-bond donors (Lipinski definition) is 2. The molecule has 1 saturated carbocycles. The Labute approximate surface area is 204 Å². The van der Waals surface area contributed by atoms with Crippen LogP contribution in [0.1, 0.15) is 110 Å². The topological polar surface area (TPSA) is 67.4 Å². The van der Waals surface area contributed by atoms with Gasteiger partial charge in [-0.2, -0.15) is 0 Å². The Morgan fingerprint density at radius 1 is 0.765 bits per heavy atom. The summed E-state index contributed by atoms with van der Waals surface area (Å²) in [6, 6.07) is 14.8. The standard InChI is InChI=1S/C29H40N2O3/c1-3-5-7-8-22-9-11-23(12-10-22)24-13-15-25(16-14-24)28(32)30-31-29(33)26-17-19-27(20-18-26)34-21-6-4-2/h13-20,22-23H,3-12,21H2,1-2H3,(H,30,32)(H,31,33). The minimum absolute atomic E-state index is 0.320. The number of hydrazine groups is 1. The van der Waals surface area contributed by atoms with Gasteiger partial charge in [-0.25, -0.2) is 0 Å². The molecule has 2 amide bonds. The van der Waals surface area contributed by atoms with E-state index < -0.39 is 0 Å². The van der Waals surface area contributed by atoms with Crippen LogP contribution in [-0.4, -0.2) is 18.4 Å². The number of hydrogen-bond acceptors (Lipinski definition) is 3. The summed E-state index contributed by atoms with van der Waals surface area (Å²) in [4.78, 5) is 24.8. The molecule has 0 bridgehead atoms. The molecule has 0 aliphatic heterocycles. The number of amides is 2. The molecule has 0 saturated heterocycles. The number of nitrogens with one attached hydrogen (secondary N) is 2. The lowest BCUT2D eigenvalue weighted by atomic mass is 9.77. The van der Waals surface area contributed by atoms with Gasteiger partial charge in [-0.15, -0.1) is 0 Å². The number of benzene rings is 2. The fourth-order valence-corrected chi connectivity index (χ4v) is 4.67. The van der Waals surface area contributed by atoms with E-state index in [-0.39, 0.29) is 11.8 Å². The molecule has 0 heterocycles. The summed E-state index contributed by atoms with van der Waals surface area (Å²) >= 11 is 0. The van der Waals surface area contributed by atoms with E-state index in [2.05, 4.69) is 36.8 Å². The van der Waals surface area contributed by atoms with E-state index in [1.54, 1.807) is 24.3 Å². The number of carbonyl (C=O) groups is 2. The van der Waals surface area contributed by atoms with Crippen LogP contribution in [0.2, 0.25) is 0 Å². The molecule has 0 unspecified atom stereocenters. The summed E-state index contributed by atoms with van der Waals surface area (Å²) in [5.74, 6) is 1.54. The van der Waals surface area contributed by atoms with Gasteiger partial charge in [0.15, 0.2) is 0 Å². The predicted molar refractivity (Wildman–Crippen MR) is 137 cm³/mol. The largest absolute Gasteiger partial charge is 0.494 e. The SMILES string of the molecule is CCCCCC1CCC(c2ccc(C(=O)NNC(=O)c3ccc(OCCCC)cc3)cc2)CC1. The molecule has 0 radical (unpaired) electrons. The number of ether oxygens (including phenoxy) is 1. The summed E-state index contributed by atoms with van der Waals surface area (Å²) < 4.78 is 5.61. The van der Waals surface area contributed by atoms with Gasteiger partial charge in [0, 0.05) is 11.1 Å². The van der Waals surface area contributed by atoms with Crippen molar-refractivity contribution in [2.45, 2.75) is 84.0 Å². The van der Waals surface area contributed by atoms with Gasteiger partial charge >= 0.3 is 0 Å². The lowest BCUT2D eigenvalue weighted by Crippen LogP contribution is -2.41. The van der Waals surface area contributed by atoms with Gasteiger partial charge in [0.2, 0.25) is 0 Å². The Hall–Kier alpha value is -2.82. The molecule has 1 fully saturated rings. The van der Waals surface area contributed by atoms with Crippen molar-refractivity contribution in [3.8, 4) is 5.75 Å². The molecule has 2 N–H and O–H groups in total. The van der Waals surface area contributed by atoms with Gasteiger partial charge in [0.1, 0.15) is 5.75 Å². The first-order valence-corrected chi connectivity index (χ1v) is 13.0. The van der Waals surface area contributed by atoms with Crippen molar-refractivity contribution >= 4 is 11.8 Å². The van der Waals surface area contributed by atoms with Crippen LogP contribution >= 0.6 is 0 Å².